The van der Waals surface area contributed by atoms with Crippen LogP contribution in [0.1, 0.15) is 43.6 Å². The number of imidazole rings is 1. The maximum Gasteiger partial charge on any atom is 0.327 e. The molecule has 12 nitrogen and oxygen atoms in total. The highest BCUT2D eigenvalue weighted by atomic mass is 16.4. The Morgan fingerprint density at radius 3 is 2.58 bits per heavy atom. The molecule has 0 bridgehead atoms. The molecule has 0 saturated heterocycles. The summed E-state index contributed by atoms with van der Waals surface area (Å²) in [6.45, 7) is 4.37. The van der Waals surface area contributed by atoms with Crippen LogP contribution in [0.25, 0.3) is 0 Å². The first-order valence-electron chi connectivity index (χ1n) is 11.5. The van der Waals surface area contributed by atoms with Crippen LogP contribution in [0.15, 0.2) is 47.8 Å². The lowest BCUT2D eigenvalue weighted by molar-refractivity contribution is -0.131. The van der Waals surface area contributed by atoms with Crippen molar-refractivity contribution >= 4 is 29.4 Å². The normalized spacial score (nSPS) is 11.9. The van der Waals surface area contributed by atoms with Crippen LogP contribution in [0.4, 0.5) is 5.69 Å². The lowest BCUT2D eigenvalue weighted by Crippen LogP contribution is -2.45. The molecule has 3 amide bonds. The number of allylic oxidation sites excluding steroid dienone is 1. The van der Waals surface area contributed by atoms with E-state index in [0.29, 0.717) is 12.5 Å². The highest BCUT2D eigenvalue weighted by Gasteiger charge is 2.23. The largest absolute Gasteiger partial charge is 0.478 e. The molecule has 12 heteroatoms. The Morgan fingerprint density at radius 1 is 1.19 bits per heavy atom. The number of hydrogen-bond acceptors (Lipinski definition) is 6. The van der Waals surface area contributed by atoms with Crippen molar-refractivity contribution in [3.05, 3.63) is 59.1 Å². The van der Waals surface area contributed by atoms with Crippen LogP contribution in [0.3, 0.4) is 0 Å². The van der Waals surface area contributed by atoms with Gasteiger partial charge in [0.05, 0.1) is 12.5 Å². The van der Waals surface area contributed by atoms with E-state index < -0.39 is 29.4 Å². The Kier molecular flexibility index (Phi) is 10.6. The second-order valence-electron chi connectivity index (χ2n) is 8.61. The standard InChI is InChI=1S/C24H32N6O6/c1-16(2)10-11-26-20(31)14-30-12-6-8-18(24(30)36)28-22(34)17(7-4-5-9-21(32)33)27-23(35)19-13-25-15-29(19)3/h5-6,8-9,12-13,15-17H,4,7,10-11,14H2,1-3H3,(H,26,31)(H,27,35)(H,28,34)(H,32,33)/b9-5+. The number of aryl methyl sites for hydroxylation is 1. The number of carboxylic acids is 1. The first-order chi connectivity index (χ1) is 17.1. The van der Waals surface area contributed by atoms with Crippen molar-refractivity contribution in [3.8, 4) is 0 Å². The van der Waals surface area contributed by atoms with Gasteiger partial charge in [0.25, 0.3) is 11.5 Å². The number of rotatable bonds is 13. The van der Waals surface area contributed by atoms with Gasteiger partial charge in [-0.2, -0.15) is 0 Å². The third-order valence-electron chi connectivity index (χ3n) is 5.19. The maximum absolute atomic E-state index is 13.0. The van der Waals surface area contributed by atoms with Crippen molar-refractivity contribution in [1.29, 1.82) is 0 Å². The van der Waals surface area contributed by atoms with Gasteiger partial charge >= 0.3 is 5.97 Å². The molecule has 2 aromatic heterocycles. The minimum absolute atomic E-state index is 0.0571. The predicted molar refractivity (Wildman–Crippen MR) is 132 cm³/mol. The van der Waals surface area contributed by atoms with Crippen LogP contribution in [0.5, 0.6) is 0 Å². The first kappa shape index (κ1) is 28.0. The van der Waals surface area contributed by atoms with Crippen LogP contribution in [0, 0.1) is 5.92 Å². The minimum Gasteiger partial charge on any atom is -0.478 e. The van der Waals surface area contributed by atoms with Gasteiger partial charge in [-0.1, -0.05) is 19.9 Å². The lowest BCUT2D eigenvalue weighted by Gasteiger charge is -2.18. The van der Waals surface area contributed by atoms with Gasteiger partial charge in [0.1, 0.15) is 24.0 Å². The molecular weight excluding hydrogens is 468 g/mol. The summed E-state index contributed by atoms with van der Waals surface area (Å²) in [5.74, 6) is -2.25. The van der Waals surface area contributed by atoms with Gasteiger partial charge in [-0.3, -0.25) is 19.2 Å². The first-order valence-corrected chi connectivity index (χ1v) is 11.5. The van der Waals surface area contributed by atoms with Gasteiger partial charge < -0.3 is 30.2 Å². The van der Waals surface area contributed by atoms with Crippen molar-refractivity contribution in [3.63, 3.8) is 0 Å². The molecule has 194 valence electrons. The van der Waals surface area contributed by atoms with Crippen LogP contribution in [-0.4, -0.2) is 55.5 Å². The Labute approximate surface area is 208 Å². The number of aliphatic carboxylic acids is 1. The minimum atomic E-state index is -1.13. The Balaban J connectivity index is 2.13. The van der Waals surface area contributed by atoms with E-state index in [9.17, 15) is 24.0 Å². The molecule has 0 aliphatic carbocycles. The average molecular weight is 501 g/mol. The van der Waals surface area contributed by atoms with Gasteiger partial charge in [0, 0.05) is 25.9 Å². The summed E-state index contributed by atoms with van der Waals surface area (Å²) in [5.41, 5.74) is -0.412. The molecule has 36 heavy (non-hydrogen) atoms. The van der Waals surface area contributed by atoms with E-state index in [1.54, 1.807) is 7.05 Å². The van der Waals surface area contributed by atoms with Gasteiger partial charge in [-0.05, 0) is 37.3 Å². The summed E-state index contributed by atoms with van der Waals surface area (Å²) < 4.78 is 2.66. The summed E-state index contributed by atoms with van der Waals surface area (Å²) in [6, 6.07) is 1.85. The number of hydrogen-bond donors (Lipinski definition) is 4. The van der Waals surface area contributed by atoms with Crippen molar-refractivity contribution in [2.75, 3.05) is 11.9 Å². The molecule has 2 aromatic rings. The number of aromatic nitrogens is 3. The molecule has 0 saturated carbocycles. The van der Waals surface area contributed by atoms with Crippen molar-refractivity contribution < 1.29 is 24.3 Å². The average Bonchev–Trinajstić information content (AvgIpc) is 3.24. The molecule has 0 aromatic carbocycles. The topological polar surface area (TPSA) is 164 Å². The van der Waals surface area contributed by atoms with E-state index >= 15 is 0 Å². The van der Waals surface area contributed by atoms with Crippen LogP contribution < -0.4 is 21.5 Å². The number of carbonyl (C=O) groups excluding carboxylic acids is 3. The van der Waals surface area contributed by atoms with E-state index in [-0.39, 0.29) is 36.7 Å². The number of carboxylic acid groups (broad SMARTS) is 1. The van der Waals surface area contributed by atoms with Gasteiger partial charge in [0.15, 0.2) is 0 Å². The fourth-order valence-corrected chi connectivity index (χ4v) is 3.21. The quantitative estimate of drug-likeness (QED) is 0.297. The Hall–Kier alpha value is -4.22. The second-order valence-corrected chi connectivity index (χ2v) is 8.61. The van der Waals surface area contributed by atoms with Gasteiger partial charge in [0.2, 0.25) is 11.8 Å². The Bertz CT molecular complexity index is 1170. The smallest absolute Gasteiger partial charge is 0.327 e. The summed E-state index contributed by atoms with van der Waals surface area (Å²) >= 11 is 0. The zero-order valence-corrected chi connectivity index (χ0v) is 20.6. The molecular formula is C24H32N6O6. The molecule has 0 spiro atoms. The third kappa shape index (κ3) is 8.85. The number of pyridine rings is 1. The molecule has 2 rings (SSSR count). The number of nitrogens with zero attached hydrogens (tertiary/aromatic N) is 3. The van der Waals surface area contributed by atoms with Gasteiger partial charge in [-0.15, -0.1) is 0 Å². The van der Waals surface area contributed by atoms with E-state index in [4.69, 9.17) is 5.11 Å². The molecule has 0 aliphatic rings. The second kappa shape index (κ2) is 13.6. The molecule has 0 radical (unpaired) electrons. The van der Waals surface area contributed by atoms with E-state index in [1.165, 1.54) is 46.1 Å². The van der Waals surface area contributed by atoms with Crippen molar-refractivity contribution in [2.45, 2.75) is 45.7 Å². The summed E-state index contributed by atoms with van der Waals surface area (Å²) in [6.07, 6.45) is 7.61. The number of amides is 3. The summed E-state index contributed by atoms with van der Waals surface area (Å²) in [5, 5.41) is 16.6. The fraction of sp³-hybridized carbons (Fsp3) is 0.417. The fourth-order valence-electron chi connectivity index (χ4n) is 3.21. The van der Waals surface area contributed by atoms with Crippen LogP contribution >= 0.6 is 0 Å². The highest BCUT2D eigenvalue weighted by molar-refractivity contribution is 6.00. The zero-order chi connectivity index (χ0) is 26.7. The molecule has 0 aliphatic heterocycles. The lowest BCUT2D eigenvalue weighted by atomic mass is 10.1. The van der Waals surface area contributed by atoms with E-state index in [2.05, 4.69) is 20.9 Å². The molecule has 0 fully saturated rings. The molecule has 4 N–H and O–H groups in total. The number of anilines is 1. The number of carbonyl (C=O) groups is 4. The van der Waals surface area contributed by atoms with Gasteiger partial charge in [-0.25, -0.2) is 9.78 Å². The Morgan fingerprint density at radius 2 is 1.94 bits per heavy atom. The predicted octanol–water partition coefficient (Wildman–Crippen LogP) is 0.902. The van der Waals surface area contributed by atoms with Crippen LogP contribution in [0.2, 0.25) is 0 Å². The van der Waals surface area contributed by atoms with Crippen molar-refractivity contribution in [1.82, 2.24) is 24.8 Å². The monoisotopic (exact) mass is 500 g/mol. The summed E-state index contributed by atoms with van der Waals surface area (Å²) in [7, 11) is 1.62. The molecule has 1 unspecified atom stereocenters. The SMILES string of the molecule is CC(C)CCNC(=O)Cn1cccc(NC(=O)C(CC/C=C/C(=O)O)NC(=O)c2cncn2C)c1=O. The zero-order valence-electron chi connectivity index (χ0n) is 20.6. The van der Waals surface area contributed by atoms with E-state index in [0.717, 1.165) is 12.5 Å². The maximum atomic E-state index is 13.0. The van der Waals surface area contributed by atoms with E-state index in [1.807, 2.05) is 13.8 Å². The van der Waals surface area contributed by atoms with Crippen molar-refractivity contribution in [2.24, 2.45) is 13.0 Å². The number of nitrogens with one attached hydrogen (secondary N) is 3. The molecule has 1 atom stereocenters. The highest BCUT2D eigenvalue weighted by Crippen LogP contribution is 2.07. The van der Waals surface area contributed by atoms with Crippen LogP contribution in [-0.2, 0) is 28.0 Å². The molecule has 2 heterocycles. The third-order valence-corrected chi connectivity index (χ3v) is 5.19. The summed E-state index contributed by atoms with van der Waals surface area (Å²) in [4.78, 5) is 65.2.